The SMILES string of the molecule is [Al].[B].[Na].[Si].[Zn]. The van der Waals surface area contributed by atoms with Crippen molar-refractivity contribution >= 4 is 66.3 Å². The maximum Gasteiger partial charge on any atom is 0 e. The Labute approximate surface area is 84.6 Å². The molecule has 13 valence electrons. The van der Waals surface area contributed by atoms with Gasteiger partial charge in [0.1, 0.15) is 0 Å². The number of hydrogen-bond acceptors (Lipinski definition) is 0. The maximum atomic E-state index is 0. The minimum absolute atomic E-state index is 0. The topological polar surface area (TPSA) is 0 Å². The summed E-state index contributed by atoms with van der Waals surface area (Å²) in [6, 6.07) is 0. The van der Waals surface area contributed by atoms with Gasteiger partial charge in [0.2, 0.25) is 0 Å². The molecule has 0 amide bonds. The first-order valence-corrected chi connectivity index (χ1v) is 0. The van der Waals surface area contributed by atoms with Crippen molar-refractivity contribution in [3.05, 3.63) is 0 Å². The molecule has 0 aromatic heterocycles. The quantitative estimate of drug-likeness (QED) is 0.372. The molecule has 0 fully saturated rings. The Balaban J connectivity index is 0. The molecule has 5 heavy (non-hydrogen) atoms. The van der Waals surface area contributed by atoms with Crippen molar-refractivity contribution < 1.29 is 19.5 Å². The van der Waals surface area contributed by atoms with E-state index in [1.807, 2.05) is 0 Å². The fourth-order valence-electron chi connectivity index (χ4n) is 0. The predicted molar refractivity (Wildman–Crippen MR) is 23.0 cm³/mol. The normalized spacial score (nSPS) is 0. The van der Waals surface area contributed by atoms with E-state index in [2.05, 4.69) is 0 Å². The third-order valence-electron chi connectivity index (χ3n) is 0. The van der Waals surface area contributed by atoms with E-state index in [1.165, 1.54) is 0 Å². The molecule has 11 radical (unpaired) electrons. The molecule has 0 unspecified atom stereocenters. The molecule has 0 aliphatic carbocycles. The van der Waals surface area contributed by atoms with Crippen LogP contribution in [-0.4, -0.2) is 66.3 Å². The molecule has 0 heterocycles. The first kappa shape index (κ1) is 51.9. The summed E-state index contributed by atoms with van der Waals surface area (Å²) < 4.78 is 0. The molecule has 0 saturated carbocycles. The van der Waals surface area contributed by atoms with Crippen LogP contribution in [0.5, 0.6) is 0 Å². The van der Waals surface area contributed by atoms with Crippen LogP contribution in [0.2, 0.25) is 0 Å². The van der Waals surface area contributed by atoms with Gasteiger partial charge in [0.25, 0.3) is 0 Å². The van der Waals surface area contributed by atoms with E-state index in [9.17, 15) is 0 Å². The van der Waals surface area contributed by atoms with E-state index in [0.717, 1.165) is 0 Å². The van der Waals surface area contributed by atoms with Crippen LogP contribution in [0, 0.1) is 0 Å². The Kier molecular flexibility index (Phi) is 332. The van der Waals surface area contributed by atoms with Crippen LogP contribution in [0.25, 0.3) is 0 Å². The summed E-state index contributed by atoms with van der Waals surface area (Å²) in [4.78, 5) is 0. The zero-order valence-electron chi connectivity index (χ0n) is 3.36. The van der Waals surface area contributed by atoms with Crippen LogP contribution in [0.1, 0.15) is 0 Å². The van der Waals surface area contributed by atoms with Gasteiger partial charge in [0.15, 0.2) is 0 Å². The van der Waals surface area contributed by atoms with Gasteiger partial charge in [-0.25, -0.2) is 0 Å². The molecule has 0 spiro atoms. The molecule has 0 aromatic rings. The molecule has 0 aliphatic rings. The van der Waals surface area contributed by atoms with E-state index in [0.29, 0.717) is 0 Å². The fourth-order valence-corrected chi connectivity index (χ4v) is 0. The Morgan fingerprint density at radius 2 is 1.00 bits per heavy atom. The van der Waals surface area contributed by atoms with Gasteiger partial charge >= 0.3 is 0 Å². The van der Waals surface area contributed by atoms with Crippen molar-refractivity contribution in [2.45, 2.75) is 0 Å². The summed E-state index contributed by atoms with van der Waals surface area (Å²) in [5, 5.41) is 0. The molecule has 0 N–H and O–H groups in total. The van der Waals surface area contributed by atoms with Gasteiger partial charge in [0.05, 0.1) is 0 Å². The van der Waals surface area contributed by atoms with Gasteiger partial charge in [-0.2, -0.15) is 0 Å². The molecular weight excluding hydrogens is 154 g/mol. The van der Waals surface area contributed by atoms with Gasteiger partial charge in [-0.3, -0.25) is 0 Å². The first-order valence-electron chi connectivity index (χ1n) is 0. The molecule has 0 saturated heterocycles. The molecule has 0 aromatic carbocycles. The zero-order chi connectivity index (χ0) is 0. The Hall–Kier alpha value is 2.44. The summed E-state index contributed by atoms with van der Waals surface area (Å²) in [5.74, 6) is 0. The van der Waals surface area contributed by atoms with E-state index < -0.39 is 0 Å². The van der Waals surface area contributed by atoms with Crippen LogP contribution >= 0.6 is 0 Å². The Morgan fingerprint density at radius 3 is 1.00 bits per heavy atom. The van der Waals surface area contributed by atoms with Crippen LogP contribution in [-0.2, 0) is 19.5 Å². The monoisotopic (exact) mass is 153 g/mol. The summed E-state index contributed by atoms with van der Waals surface area (Å²) >= 11 is 0. The van der Waals surface area contributed by atoms with Crippen LogP contribution in [0.4, 0.5) is 0 Å². The van der Waals surface area contributed by atoms with E-state index in [4.69, 9.17) is 0 Å². The second kappa shape index (κ2) is 32.0. The summed E-state index contributed by atoms with van der Waals surface area (Å²) in [6.07, 6.45) is 0. The standard InChI is InChI=1S/Al.B.Na.Si.Zn. The van der Waals surface area contributed by atoms with Gasteiger partial charge in [-0.05, 0) is 0 Å². The van der Waals surface area contributed by atoms with E-state index in [1.54, 1.807) is 0 Å². The van der Waals surface area contributed by atoms with Crippen molar-refractivity contribution in [1.82, 2.24) is 0 Å². The Bertz CT molecular complexity index is 11.6. The molecular formula is AlBNaSiZn. The molecule has 0 nitrogen and oxygen atoms in total. The largest absolute Gasteiger partial charge is 0 e. The number of rotatable bonds is 0. The van der Waals surface area contributed by atoms with Gasteiger partial charge in [-0.1, -0.05) is 0 Å². The third kappa shape index (κ3) is 21.3. The molecule has 0 aliphatic heterocycles. The summed E-state index contributed by atoms with van der Waals surface area (Å²) in [6.45, 7) is 0. The minimum atomic E-state index is 0. The fraction of sp³-hybridized carbons (Fsp3) is 0. The van der Waals surface area contributed by atoms with Crippen molar-refractivity contribution in [1.29, 1.82) is 0 Å². The van der Waals surface area contributed by atoms with Crippen molar-refractivity contribution in [2.24, 2.45) is 0 Å². The van der Waals surface area contributed by atoms with Gasteiger partial charge < -0.3 is 0 Å². The second-order valence-electron chi connectivity index (χ2n) is 0. The van der Waals surface area contributed by atoms with Gasteiger partial charge in [0, 0.05) is 85.8 Å². The average Bonchev–Trinajstić information content (AvgIpc) is 0. The molecule has 0 rings (SSSR count). The van der Waals surface area contributed by atoms with E-state index in [-0.39, 0.29) is 85.8 Å². The third-order valence-corrected chi connectivity index (χ3v) is 0. The average molecular weight is 154 g/mol. The summed E-state index contributed by atoms with van der Waals surface area (Å²) in [5.41, 5.74) is 0. The van der Waals surface area contributed by atoms with Crippen molar-refractivity contribution in [2.75, 3.05) is 0 Å². The Morgan fingerprint density at radius 1 is 1.00 bits per heavy atom. The van der Waals surface area contributed by atoms with Crippen LogP contribution in [0.15, 0.2) is 0 Å². The minimum Gasteiger partial charge on any atom is 0 e. The summed E-state index contributed by atoms with van der Waals surface area (Å²) in [7, 11) is 0. The van der Waals surface area contributed by atoms with Crippen molar-refractivity contribution in [3.8, 4) is 0 Å². The smallest absolute Gasteiger partial charge is 0 e. The molecule has 0 atom stereocenters. The van der Waals surface area contributed by atoms with Crippen LogP contribution in [0.3, 0.4) is 0 Å². The number of hydrogen-bond donors (Lipinski definition) is 0. The van der Waals surface area contributed by atoms with Crippen LogP contribution < -0.4 is 0 Å². The zero-order valence-corrected chi connectivity index (χ0v) is 10.5. The second-order valence-corrected chi connectivity index (χ2v) is 0. The van der Waals surface area contributed by atoms with Gasteiger partial charge in [-0.15, -0.1) is 0 Å². The predicted octanol–water partition coefficient (Wildman–Crippen LogP) is -1.53. The maximum absolute atomic E-state index is 0. The first-order chi connectivity index (χ1) is 0. The van der Waals surface area contributed by atoms with E-state index >= 15 is 0 Å². The molecule has 5 heteroatoms. The van der Waals surface area contributed by atoms with Crippen molar-refractivity contribution in [3.63, 3.8) is 0 Å². The molecule has 0 bridgehead atoms.